The highest BCUT2D eigenvalue weighted by Gasteiger charge is 2.15. The van der Waals surface area contributed by atoms with Gasteiger partial charge in [0.2, 0.25) is 5.16 Å². The fourth-order valence-electron chi connectivity index (χ4n) is 2.44. The number of benzene rings is 2. The number of ketones is 1. The number of rotatable bonds is 9. The van der Waals surface area contributed by atoms with E-state index in [2.05, 4.69) is 20.7 Å². The van der Waals surface area contributed by atoms with Crippen molar-refractivity contribution in [3.05, 3.63) is 57.6 Å². The van der Waals surface area contributed by atoms with Crippen LogP contribution in [0.4, 0.5) is 5.95 Å². The minimum atomic E-state index is -0.126. The number of hydrazone groups is 1. The molecule has 0 saturated heterocycles. The van der Waals surface area contributed by atoms with E-state index >= 15 is 0 Å². The summed E-state index contributed by atoms with van der Waals surface area (Å²) >= 11 is 13.1. The average molecular weight is 481 g/mol. The lowest BCUT2D eigenvalue weighted by atomic mass is 10.1. The van der Waals surface area contributed by atoms with Crippen LogP contribution < -0.4 is 20.7 Å². The molecule has 0 atom stereocenters. The highest BCUT2D eigenvalue weighted by molar-refractivity contribution is 7.99. The van der Waals surface area contributed by atoms with Crippen LogP contribution in [0.2, 0.25) is 10.0 Å². The zero-order chi connectivity index (χ0) is 22.4. The van der Waals surface area contributed by atoms with Crippen molar-refractivity contribution in [2.24, 2.45) is 5.10 Å². The van der Waals surface area contributed by atoms with E-state index in [-0.39, 0.29) is 17.5 Å². The van der Waals surface area contributed by atoms with Crippen molar-refractivity contribution in [1.29, 1.82) is 0 Å². The summed E-state index contributed by atoms with van der Waals surface area (Å²) in [6, 6.07) is 10.0. The minimum absolute atomic E-state index is 0.106. The number of methoxy groups -OCH3 is 2. The van der Waals surface area contributed by atoms with Crippen LogP contribution in [-0.2, 0) is 0 Å². The predicted molar refractivity (Wildman–Crippen MR) is 122 cm³/mol. The third-order valence-electron chi connectivity index (χ3n) is 4.03. The van der Waals surface area contributed by atoms with E-state index in [0.29, 0.717) is 37.8 Å². The lowest BCUT2D eigenvalue weighted by Gasteiger charge is -2.09. The van der Waals surface area contributed by atoms with Gasteiger partial charge in [0.25, 0.3) is 5.95 Å². The SMILES string of the molecule is COc1ccc(C(=O)CSc2nnc(N/N=C/c3ccc(Cl)cc3Cl)n2N)cc1OC. The molecular formula is C19H18Cl2N6O3S. The van der Waals surface area contributed by atoms with Crippen LogP contribution in [0.15, 0.2) is 46.7 Å². The van der Waals surface area contributed by atoms with Crippen LogP contribution >= 0.6 is 35.0 Å². The Hall–Kier alpha value is -2.95. The second-order valence-electron chi connectivity index (χ2n) is 5.99. The summed E-state index contributed by atoms with van der Waals surface area (Å²) in [4.78, 5) is 12.5. The number of Topliss-reactive ketones (excluding diaryl/α,β-unsaturated/α-hetero) is 1. The van der Waals surface area contributed by atoms with E-state index in [0.717, 1.165) is 11.8 Å². The largest absolute Gasteiger partial charge is 0.493 e. The zero-order valence-electron chi connectivity index (χ0n) is 16.5. The van der Waals surface area contributed by atoms with E-state index in [1.807, 2.05) is 0 Å². The fourth-order valence-corrected chi connectivity index (χ4v) is 3.65. The molecule has 0 aliphatic carbocycles. The number of hydrogen-bond donors (Lipinski definition) is 2. The summed E-state index contributed by atoms with van der Waals surface area (Å²) in [7, 11) is 3.04. The molecule has 1 heterocycles. The number of nitrogens with one attached hydrogen (secondary N) is 1. The molecule has 0 radical (unpaired) electrons. The first-order valence-corrected chi connectivity index (χ1v) is 10.5. The zero-order valence-corrected chi connectivity index (χ0v) is 18.8. The molecule has 9 nitrogen and oxygen atoms in total. The molecular weight excluding hydrogens is 463 g/mol. The van der Waals surface area contributed by atoms with Crippen LogP contribution in [0.25, 0.3) is 0 Å². The molecule has 0 aliphatic heterocycles. The Balaban J connectivity index is 1.61. The highest BCUT2D eigenvalue weighted by atomic mass is 35.5. The van der Waals surface area contributed by atoms with Gasteiger partial charge in [-0.1, -0.05) is 41.0 Å². The summed E-state index contributed by atoms with van der Waals surface area (Å²) in [5.74, 6) is 7.18. The number of ether oxygens (including phenoxy) is 2. The quantitative estimate of drug-likeness (QED) is 0.156. The van der Waals surface area contributed by atoms with Crippen molar-refractivity contribution in [2.45, 2.75) is 5.16 Å². The molecule has 0 fully saturated rings. The van der Waals surface area contributed by atoms with Gasteiger partial charge >= 0.3 is 0 Å². The lowest BCUT2D eigenvalue weighted by Crippen LogP contribution is -2.14. The second-order valence-corrected chi connectivity index (χ2v) is 7.78. The number of nitrogen functional groups attached to an aromatic ring is 1. The molecule has 0 aliphatic rings. The van der Waals surface area contributed by atoms with Gasteiger partial charge in [0.1, 0.15) is 0 Å². The first-order chi connectivity index (χ1) is 14.9. The first-order valence-electron chi connectivity index (χ1n) is 8.75. The van der Waals surface area contributed by atoms with Crippen LogP contribution in [-0.4, -0.2) is 46.8 Å². The molecule has 2 aromatic carbocycles. The van der Waals surface area contributed by atoms with Crippen LogP contribution in [0.5, 0.6) is 11.5 Å². The van der Waals surface area contributed by atoms with Gasteiger partial charge < -0.3 is 15.3 Å². The summed E-state index contributed by atoms with van der Waals surface area (Å²) in [6.07, 6.45) is 1.50. The van der Waals surface area contributed by atoms with Crippen LogP contribution in [0.1, 0.15) is 15.9 Å². The molecule has 0 saturated carbocycles. The number of carbonyl (C=O) groups excluding carboxylic acids is 1. The molecule has 3 rings (SSSR count). The monoisotopic (exact) mass is 480 g/mol. The smallest absolute Gasteiger partial charge is 0.264 e. The number of aromatic nitrogens is 3. The third kappa shape index (κ3) is 5.60. The normalized spacial score (nSPS) is 11.0. The van der Waals surface area contributed by atoms with Crippen LogP contribution in [0.3, 0.4) is 0 Å². The summed E-state index contributed by atoms with van der Waals surface area (Å²) in [5, 5.41) is 13.3. The third-order valence-corrected chi connectivity index (χ3v) is 5.54. The standard InChI is InChI=1S/C19H18Cl2N6O3S/c1-29-16-6-4-11(7-17(16)30-2)15(28)10-31-19-26-25-18(27(19)22)24-23-9-12-3-5-13(20)8-14(12)21/h3-9H,10,22H2,1-2H3,(H,24,25)/b23-9+. The van der Waals surface area contributed by atoms with E-state index in [4.69, 9.17) is 38.5 Å². The molecule has 1 aromatic heterocycles. The van der Waals surface area contributed by atoms with Crippen molar-refractivity contribution >= 4 is 52.9 Å². The maximum absolute atomic E-state index is 12.5. The van der Waals surface area contributed by atoms with E-state index in [9.17, 15) is 4.79 Å². The van der Waals surface area contributed by atoms with Crippen molar-refractivity contribution < 1.29 is 14.3 Å². The molecule has 0 unspecified atom stereocenters. The lowest BCUT2D eigenvalue weighted by molar-refractivity contribution is 0.102. The average Bonchev–Trinajstić information content (AvgIpc) is 3.12. The topological polar surface area (TPSA) is 117 Å². The Bertz CT molecular complexity index is 1120. The van der Waals surface area contributed by atoms with Gasteiger partial charge in [-0.25, -0.2) is 10.1 Å². The second kappa shape index (κ2) is 10.4. The minimum Gasteiger partial charge on any atom is -0.493 e. The molecule has 0 bridgehead atoms. The predicted octanol–water partition coefficient (Wildman–Crippen LogP) is 3.74. The summed E-state index contributed by atoms with van der Waals surface area (Å²) in [6.45, 7) is 0. The van der Waals surface area contributed by atoms with E-state index in [1.54, 1.807) is 36.4 Å². The number of anilines is 1. The van der Waals surface area contributed by atoms with Gasteiger partial charge in [-0.05, 0) is 30.3 Å². The molecule has 3 aromatic rings. The van der Waals surface area contributed by atoms with Gasteiger partial charge in [0.05, 0.1) is 31.2 Å². The number of nitrogens with zero attached hydrogens (tertiary/aromatic N) is 4. The molecule has 12 heteroatoms. The Morgan fingerprint density at radius 3 is 2.68 bits per heavy atom. The number of hydrogen-bond acceptors (Lipinski definition) is 9. The molecule has 0 spiro atoms. The van der Waals surface area contributed by atoms with E-state index < -0.39 is 0 Å². The Kier molecular flexibility index (Phi) is 7.61. The van der Waals surface area contributed by atoms with Crippen molar-refractivity contribution in [3.8, 4) is 11.5 Å². The highest BCUT2D eigenvalue weighted by Crippen LogP contribution is 2.28. The molecule has 31 heavy (non-hydrogen) atoms. The first kappa shape index (κ1) is 22.7. The van der Waals surface area contributed by atoms with Crippen LogP contribution in [0, 0.1) is 0 Å². The maximum atomic E-state index is 12.5. The molecule has 162 valence electrons. The molecule has 3 N–H and O–H groups in total. The van der Waals surface area contributed by atoms with Gasteiger partial charge in [0, 0.05) is 16.1 Å². The van der Waals surface area contributed by atoms with E-state index in [1.165, 1.54) is 25.1 Å². The number of halogens is 2. The van der Waals surface area contributed by atoms with Gasteiger partial charge in [-0.3, -0.25) is 4.79 Å². The van der Waals surface area contributed by atoms with Gasteiger partial charge in [0.15, 0.2) is 17.3 Å². The van der Waals surface area contributed by atoms with Crippen molar-refractivity contribution in [3.63, 3.8) is 0 Å². The molecule has 0 amide bonds. The van der Waals surface area contributed by atoms with Gasteiger partial charge in [-0.15, -0.1) is 10.2 Å². The van der Waals surface area contributed by atoms with Crippen molar-refractivity contribution in [1.82, 2.24) is 14.9 Å². The number of thioether (sulfide) groups is 1. The number of nitrogens with two attached hydrogens (primary N) is 1. The maximum Gasteiger partial charge on any atom is 0.264 e. The Morgan fingerprint density at radius 2 is 1.97 bits per heavy atom. The van der Waals surface area contributed by atoms with Crippen molar-refractivity contribution in [2.75, 3.05) is 31.2 Å². The fraction of sp³-hybridized carbons (Fsp3) is 0.158. The Labute approximate surface area is 192 Å². The Morgan fingerprint density at radius 1 is 1.19 bits per heavy atom. The summed E-state index contributed by atoms with van der Waals surface area (Å²) in [5.41, 5.74) is 3.83. The number of carbonyl (C=O) groups is 1. The van der Waals surface area contributed by atoms with Gasteiger partial charge in [-0.2, -0.15) is 5.10 Å². The summed E-state index contributed by atoms with van der Waals surface area (Å²) < 4.78 is 11.6.